The molecule has 0 saturated heterocycles. The maximum Gasteiger partial charge on any atom is 0.266 e. The minimum absolute atomic E-state index is 0.0567. The Balaban J connectivity index is 1.46. The highest BCUT2D eigenvalue weighted by Crippen LogP contribution is 2.27. The van der Waals surface area contributed by atoms with E-state index in [2.05, 4.69) is 15.4 Å². The second-order valence-electron chi connectivity index (χ2n) is 6.91. The number of hydrogen-bond donors (Lipinski definition) is 1. The molecule has 0 radical (unpaired) electrons. The molecule has 1 N–H and O–H groups in total. The number of rotatable bonds is 10. The van der Waals surface area contributed by atoms with Crippen LogP contribution in [0.15, 0.2) is 59.7 Å². The zero-order chi connectivity index (χ0) is 22.1. The summed E-state index contributed by atoms with van der Waals surface area (Å²) in [6, 6.07) is 12.5. The van der Waals surface area contributed by atoms with Crippen molar-refractivity contribution in [3.63, 3.8) is 0 Å². The summed E-state index contributed by atoms with van der Waals surface area (Å²) in [5, 5.41) is 7.30. The van der Waals surface area contributed by atoms with Gasteiger partial charge in [0.25, 0.3) is 5.56 Å². The Morgan fingerprint density at radius 2 is 1.81 bits per heavy atom. The van der Waals surface area contributed by atoms with Gasteiger partial charge in [0, 0.05) is 43.5 Å². The van der Waals surface area contributed by atoms with Crippen LogP contribution in [0.4, 0.5) is 0 Å². The second kappa shape index (κ2) is 10.9. The molecule has 162 valence electrons. The van der Waals surface area contributed by atoms with Crippen molar-refractivity contribution in [1.29, 1.82) is 0 Å². The second-order valence-corrected chi connectivity index (χ2v) is 6.91. The molecule has 0 spiro atoms. The van der Waals surface area contributed by atoms with E-state index >= 15 is 0 Å². The number of hydrogen-bond acceptors (Lipinski definition) is 6. The lowest BCUT2D eigenvalue weighted by Crippen LogP contribution is -2.27. The maximum atomic E-state index is 12.1. The van der Waals surface area contributed by atoms with Crippen LogP contribution < -0.4 is 20.3 Å². The molecule has 2 aromatic heterocycles. The van der Waals surface area contributed by atoms with E-state index in [1.54, 1.807) is 32.7 Å². The van der Waals surface area contributed by atoms with E-state index in [0.717, 1.165) is 11.1 Å². The largest absolute Gasteiger partial charge is 0.493 e. The summed E-state index contributed by atoms with van der Waals surface area (Å²) in [7, 11) is 3.19. The molecule has 8 nitrogen and oxygen atoms in total. The summed E-state index contributed by atoms with van der Waals surface area (Å²) in [5.41, 5.74) is 2.44. The molecule has 1 aromatic carbocycles. The predicted molar refractivity (Wildman–Crippen MR) is 117 cm³/mol. The molecule has 0 saturated carbocycles. The van der Waals surface area contributed by atoms with Crippen molar-refractivity contribution in [3.05, 3.63) is 70.8 Å². The fourth-order valence-corrected chi connectivity index (χ4v) is 3.15. The van der Waals surface area contributed by atoms with Crippen molar-refractivity contribution in [1.82, 2.24) is 20.1 Å². The number of nitrogens with one attached hydrogen (secondary N) is 1. The number of nitrogens with zero attached hydrogens (tertiary/aromatic N) is 3. The van der Waals surface area contributed by atoms with Crippen molar-refractivity contribution in [2.45, 2.75) is 25.8 Å². The van der Waals surface area contributed by atoms with Crippen molar-refractivity contribution < 1.29 is 14.3 Å². The number of carbonyl (C=O) groups is 1. The molecule has 0 unspecified atom stereocenters. The van der Waals surface area contributed by atoms with Crippen LogP contribution in [0.2, 0.25) is 0 Å². The number of amides is 1. The van der Waals surface area contributed by atoms with Gasteiger partial charge in [-0.2, -0.15) is 5.10 Å². The molecular formula is C23H26N4O4. The molecule has 0 aliphatic carbocycles. The summed E-state index contributed by atoms with van der Waals surface area (Å²) in [4.78, 5) is 28.2. The molecule has 3 rings (SSSR count). The first kappa shape index (κ1) is 22.0. The first-order valence-electron chi connectivity index (χ1n) is 10.1. The van der Waals surface area contributed by atoms with Crippen molar-refractivity contribution in [3.8, 4) is 22.8 Å². The highest BCUT2D eigenvalue weighted by Gasteiger charge is 2.07. The Labute approximate surface area is 180 Å². The minimum Gasteiger partial charge on any atom is -0.493 e. The van der Waals surface area contributed by atoms with Gasteiger partial charge in [-0.1, -0.05) is 6.07 Å². The van der Waals surface area contributed by atoms with E-state index in [0.29, 0.717) is 49.5 Å². The van der Waals surface area contributed by atoms with Crippen LogP contribution in [0.3, 0.4) is 0 Å². The lowest BCUT2D eigenvalue weighted by molar-refractivity contribution is -0.121. The van der Waals surface area contributed by atoms with Crippen molar-refractivity contribution >= 4 is 5.91 Å². The number of pyridine rings is 1. The Hall–Kier alpha value is -3.68. The SMILES string of the molecule is COc1ccc(CCNC(=O)CCCn2nc(-c3ccncc3)ccc2=O)cc1OC. The molecule has 0 aliphatic heterocycles. The normalized spacial score (nSPS) is 10.5. The van der Waals surface area contributed by atoms with E-state index in [4.69, 9.17) is 9.47 Å². The third-order valence-corrected chi connectivity index (χ3v) is 4.80. The Morgan fingerprint density at radius 1 is 1.03 bits per heavy atom. The number of ether oxygens (including phenoxy) is 2. The van der Waals surface area contributed by atoms with Crippen LogP contribution in [0.5, 0.6) is 11.5 Å². The van der Waals surface area contributed by atoms with Crippen molar-refractivity contribution in [2.24, 2.45) is 0 Å². The Bertz CT molecular complexity index is 1070. The molecule has 31 heavy (non-hydrogen) atoms. The molecule has 0 atom stereocenters. The molecule has 0 fully saturated rings. The zero-order valence-corrected chi connectivity index (χ0v) is 17.7. The summed E-state index contributed by atoms with van der Waals surface area (Å²) in [5.74, 6) is 1.28. The van der Waals surface area contributed by atoms with Gasteiger partial charge in [0.15, 0.2) is 11.5 Å². The van der Waals surface area contributed by atoms with Crippen LogP contribution in [0.1, 0.15) is 18.4 Å². The van der Waals surface area contributed by atoms with Gasteiger partial charge in [-0.25, -0.2) is 4.68 Å². The van der Waals surface area contributed by atoms with E-state index in [-0.39, 0.29) is 11.5 Å². The predicted octanol–water partition coefficient (Wildman–Crippen LogP) is 2.46. The van der Waals surface area contributed by atoms with E-state index < -0.39 is 0 Å². The van der Waals surface area contributed by atoms with Gasteiger partial charge < -0.3 is 14.8 Å². The van der Waals surface area contributed by atoms with Gasteiger partial charge in [-0.05, 0) is 48.7 Å². The number of methoxy groups -OCH3 is 2. The zero-order valence-electron chi connectivity index (χ0n) is 17.7. The van der Waals surface area contributed by atoms with E-state index in [1.165, 1.54) is 10.7 Å². The molecule has 0 bridgehead atoms. The smallest absolute Gasteiger partial charge is 0.266 e. The summed E-state index contributed by atoms with van der Waals surface area (Å²) in [6.45, 7) is 0.894. The molecule has 2 heterocycles. The standard InChI is InChI=1S/C23H26N4O4/c1-30-20-7-5-17(16-21(20)31-2)9-14-25-22(28)4-3-15-27-23(29)8-6-19(26-27)18-10-12-24-13-11-18/h5-8,10-13,16H,3-4,9,14-15H2,1-2H3,(H,25,28). The van der Waals surface area contributed by atoms with Crippen LogP contribution in [-0.4, -0.2) is 41.4 Å². The number of carbonyl (C=O) groups excluding carboxylic acids is 1. The van der Waals surface area contributed by atoms with Gasteiger partial charge in [0.2, 0.25) is 5.91 Å². The Morgan fingerprint density at radius 3 is 2.55 bits per heavy atom. The summed E-state index contributed by atoms with van der Waals surface area (Å²) < 4.78 is 11.9. The molecule has 0 aliphatic rings. The molecular weight excluding hydrogens is 396 g/mol. The van der Waals surface area contributed by atoms with E-state index in [1.807, 2.05) is 30.3 Å². The Kier molecular flexibility index (Phi) is 7.75. The third kappa shape index (κ3) is 6.15. The van der Waals surface area contributed by atoms with E-state index in [9.17, 15) is 9.59 Å². The minimum atomic E-state index is -0.188. The fourth-order valence-electron chi connectivity index (χ4n) is 3.15. The lowest BCUT2D eigenvalue weighted by atomic mass is 10.1. The van der Waals surface area contributed by atoms with Gasteiger partial charge in [0.1, 0.15) is 0 Å². The highest BCUT2D eigenvalue weighted by atomic mass is 16.5. The van der Waals surface area contributed by atoms with Crippen LogP contribution >= 0.6 is 0 Å². The summed E-state index contributed by atoms with van der Waals surface area (Å²) >= 11 is 0. The maximum absolute atomic E-state index is 12.1. The van der Waals surface area contributed by atoms with Gasteiger partial charge in [-0.15, -0.1) is 0 Å². The third-order valence-electron chi connectivity index (χ3n) is 4.80. The van der Waals surface area contributed by atoms with Gasteiger partial charge >= 0.3 is 0 Å². The lowest BCUT2D eigenvalue weighted by Gasteiger charge is -2.10. The van der Waals surface area contributed by atoms with Crippen LogP contribution in [0.25, 0.3) is 11.3 Å². The fraction of sp³-hybridized carbons (Fsp3) is 0.304. The van der Waals surface area contributed by atoms with Crippen LogP contribution in [0, 0.1) is 0 Å². The monoisotopic (exact) mass is 422 g/mol. The number of benzene rings is 1. The van der Waals surface area contributed by atoms with Gasteiger partial charge in [-0.3, -0.25) is 14.6 Å². The average molecular weight is 422 g/mol. The van der Waals surface area contributed by atoms with Crippen molar-refractivity contribution in [2.75, 3.05) is 20.8 Å². The molecule has 8 heteroatoms. The summed E-state index contributed by atoms with van der Waals surface area (Å²) in [6.07, 6.45) is 4.88. The van der Waals surface area contributed by atoms with Gasteiger partial charge in [0.05, 0.1) is 19.9 Å². The first-order chi connectivity index (χ1) is 15.1. The topological polar surface area (TPSA) is 95.3 Å². The number of aromatic nitrogens is 3. The molecule has 3 aromatic rings. The molecule has 1 amide bonds. The van der Waals surface area contributed by atoms with Crippen LogP contribution in [-0.2, 0) is 17.8 Å². The highest BCUT2D eigenvalue weighted by molar-refractivity contribution is 5.75. The average Bonchev–Trinajstić information content (AvgIpc) is 2.80. The quantitative estimate of drug-likeness (QED) is 0.539. The number of aryl methyl sites for hydroxylation is 1. The first-order valence-corrected chi connectivity index (χ1v) is 10.1.